The van der Waals surface area contributed by atoms with E-state index in [1.807, 2.05) is 13.8 Å². The van der Waals surface area contributed by atoms with Gasteiger partial charge in [-0.3, -0.25) is 0 Å². The molecular weight excluding hydrogens is 608 g/mol. The van der Waals surface area contributed by atoms with Crippen molar-refractivity contribution in [2.45, 2.75) is 139 Å². The highest BCUT2D eigenvalue weighted by atomic mass is 16.6. The summed E-state index contributed by atoms with van der Waals surface area (Å²) in [4.78, 5) is 26.8. The van der Waals surface area contributed by atoms with Crippen LogP contribution >= 0.6 is 0 Å². The van der Waals surface area contributed by atoms with Crippen LogP contribution in [0.5, 0.6) is 0 Å². The predicted octanol–water partition coefficient (Wildman–Crippen LogP) is 6.06. The molecule has 0 saturated heterocycles. The first kappa shape index (κ1) is 37.3. The summed E-state index contributed by atoms with van der Waals surface area (Å²) in [6, 6.07) is 0. The van der Waals surface area contributed by atoms with E-state index in [-0.39, 0.29) is 35.2 Å². The normalized spacial score (nSPS) is 47.0. The van der Waals surface area contributed by atoms with Crippen LogP contribution in [0.4, 0.5) is 0 Å². The summed E-state index contributed by atoms with van der Waals surface area (Å²) in [5.74, 6) is -0.954. The van der Waals surface area contributed by atoms with Crippen molar-refractivity contribution in [1.29, 1.82) is 0 Å². The number of hydrogen-bond donors (Lipinski definition) is 4. The maximum absolute atomic E-state index is 13.5. The molecule has 0 aromatic carbocycles. The van der Waals surface area contributed by atoms with Gasteiger partial charge in [0, 0.05) is 22.0 Å². The maximum atomic E-state index is 13.5. The molecule has 4 fully saturated rings. The third-order valence-corrected chi connectivity index (χ3v) is 15.4. The van der Waals surface area contributed by atoms with Crippen LogP contribution in [-0.4, -0.2) is 70.0 Å². The second-order valence-electron chi connectivity index (χ2n) is 17.8. The van der Waals surface area contributed by atoms with Crippen LogP contribution in [0.3, 0.4) is 0 Å². The van der Waals surface area contributed by atoms with Gasteiger partial charge in [0.15, 0.2) is 6.10 Å². The molecule has 8 nitrogen and oxygen atoms in total. The Kier molecular flexibility index (Phi) is 9.58. The molecule has 3 unspecified atom stereocenters. The van der Waals surface area contributed by atoms with E-state index in [0.29, 0.717) is 30.4 Å². The smallest absolute Gasteiger partial charge is 0.333 e. The van der Waals surface area contributed by atoms with Gasteiger partial charge >= 0.3 is 11.9 Å². The highest BCUT2D eigenvalue weighted by Crippen LogP contribution is 2.76. The van der Waals surface area contributed by atoms with Gasteiger partial charge in [-0.1, -0.05) is 65.3 Å². The van der Waals surface area contributed by atoms with Crippen molar-refractivity contribution in [2.75, 3.05) is 13.2 Å². The number of hydrogen-bond acceptors (Lipinski definition) is 8. The largest absolute Gasteiger partial charge is 0.454 e. The van der Waals surface area contributed by atoms with Crippen LogP contribution in [0.25, 0.3) is 0 Å². The van der Waals surface area contributed by atoms with Gasteiger partial charge in [-0.2, -0.15) is 0 Å². The molecule has 0 aromatic rings. The van der Waals surface area contributed by atoms with Crippen LogP contribution in [0.2, 0.25) is 0 Å². The van der Waals surface area contributed by atoms with Crippen LogP contribution in [0.1, 0.15) is 114 Å². The van der Waals surface area contributed by atoms with Crippen molar-refractivity contribution in [3.63, 3.8) is 0 Å². The minimum atomic E-state index is -1.28. The van der Waals surface area contributed by atoms with Crippen LogP contribution < -0.4 is 0 Å². The Labute approximate surface area is 288 Å². The Morgan fingerprint density at radius 1 is 0.812 bits per heavy atom. The first-order chi connectivity index (χ1) is 22.3. The monoisotopic (exact) mass is 670 g/mol. The lowest BCUT2D eigenvalue weighted by molar-refractivity contribution is -0.266. The highest BCUT2D eigenvalue weighted by Gasteiger charge is 2.73. The number of carbonyl (C=O) groups excluding carboxylic acids is 2. The van der Waals surface area contributed by atoms with Crippen molar-refractivity contribution < 1.29 is 39.5 Å². The van der Waals surface area contributed by atoms with Gasteiger partial charge in [0.05, 0.1) is 30.8 Å². The first-order valence-corrected chi connectivity index (χ1v) is 18.2. The zero-order chi connectivity index (χ0) is 35.8. The standard InChI is InChI=1S/C40H62O8/c1-11-23(3)33(45)47-31-32(48-34(46)24(4)12-2)40(22-42)26(19-35(31,5)6)25-13-14-28-36(7)17-16-29(43)37(8,21-41)27(36)15-18-38(28,9)39(25,10)20-30(40)44/h11-13,26-32,41-44H,14-22H2,1-10H3/b23-11-,24-12-/t26?,27?,28?,29-,30+,31-,32-,36-,37+,38+,39+,40-/m0/s1. The van der Waals surface area contributed by atoms with Crippen molar-refractivity contribution >= 4 is 11.9 Å². The number of aliphatic hydroxyl groups excluding tert-OH is 4. The Bertz CT molecular complexity index is 1390. The average molecular weight is 671 g/mol. The minimum Gasteiger partial charge on any atom is -0.454 e. The molecule has 0 aliphatic heterocycles. The third-order valence-electron chi connectivity index (χ3n) is 15.4. The predicted molar refractivity (Wildman–Crippen MR) is 184 cm³/mol. The van der Waals surface area contributed by atoms with Gasteiger partial charge < -0.3 is 29.9 Å². The number of aliphatic hydroxyl groups is 4. The van der Waals surface area contributed by atoms with E-state index in [9.17, 15) is 30.0 Å². The fourth-order valence-corrected chi connectivity index (χ4v) is 11.9. The first-order valence-electron chi connectivity index (χ1n) is 18.2. The molecule has 12 atom stereocenters. The summed E-state index contributed by atoms with van der Waals surface area (Å²) in [6.07, 6.45) is 7.19. The molecule has 0 heterocycles. The van der Waals surface area contributed by atoms with Crippen molar-refractivity contribution in [1.82, 2.24) is 0 Å². The van der Waals surface area contributed by atoms with Gasteiger partial charge in [0.25, 0.3) is 0 Å². The quantitative estimate of drug-likeness (QED) is 0.152. The Balaban J connectivity index is 1.65. The summed E-state index contributed by atoms with van der Waals surface area (Å²) in [5.41, 5.74) is -1.21. The van der Waals surface area contributed by atoms with E-state index >= 15 is 0 Å². The van der Waals surface area contributed by atoms with Crippen LogP contribution in [-0.2, 0) is 19.1 Å². The van der Waals surface area contributed by atoms with E-state index in [4.69, 9.17) is 9.47 Å². The fourth-order valence-electron chi connectivity index (χ4n) is 11.9. The van der Waals surface area contributed by atoms with E-state index in [1.54, 1.807) is 39.8 Å². The van der Waals surface area contributed by atoms with Crippen molar-refractivity contribution in [3.05, 3.63) is 34.9 Å². The maximum Gasteiger partial charge on any atom is 0.333 e. The van der Waals surface area contributed by atoms with Gasteiger partial charge in [-0.25, -0.2) is 9.59 Å². The number of rotatable bonds is 6. The summed E-state index contributed by atoms with van der Waals surface area (Å²) < 4.78 is 12.5. The Morgan fingerprint density at radius 2 is 1.40 bits per heavy atom. The molecule has 0 aromatic heterocycles. The van der Waals surface area contributed by atoms with E-state index < -0.39 is 64.6 Å². The highest BCUT2D eigenvalue weighted by molar-refractivity contribution is 5.88. The molecule has 5 aliphatic rings. The fraction of sp³-hybridized carbons (Fsp3) is 0.800. The second kappa shape index (κ2) is 12.3. The summed E-state index contributed by atoms with van der Waals surface area (Å²) in [6.45, 7) is 19.6. The number of ether oxygens (including phenoxy) is 2. The lowest BCUT2D eigenvalue weighted by Gasteiger charge is -2.72. The molecule has 0 bridgehead atoms. The zero-order valence-electron chi connectivity index (χ0n) is 31.1. The van der Waals surface area contributed by atoms with E-state index in [0.717, 1.165) is 25.7 Å². The molecule has 5 aliphatic carbocycles. The van der Waals surface area contributed by atoms with E-state index in [2.05, 4.69) is 33.8 Å². The molecule has 48 heavy (non-hydrogen) atoms. The molecule has 8 heteroatoms. The second-order valence-corrected chi connectivity index (χ2v) is 17.8. The van der Waals surface area contributed by atoms with Crippen molar-refractivity contribution in [3.8, 4) is 0 Å². The Morgan fingerprint density at radius 3 is 1.94 bits per heavy atom. The molecule has 270 valence electrons. The SMILES string of the molecule is C/C=C(/C)C(=O)O[C@H]1[C@H](OC(=O)/C(C)=C\C)[C@@]2(CO)C(CC1(C)C)C1=CCC3[C@@]4(C)CC[C@H](O)[C@](C)(CO)C4CC[C@@]3(C)[C@]1(C)C[C@H]2O. The number of carbonyl (C=O) groups is 2. The summed E-state index contributed by atoms with van der Waals surface area (Å²) in [5, 5.41) is 45.7. The third kappa shape index (κ3) is 4.97. The molecule has 5 rings (SSSR count). The summed E-state index contributed by atoms with van der Waals surface area (Å²) in [7, 11) is 0. The van der Waals surface area contributed by atoms with Gasteiger partial charge in [0.1, 0.15) is 6.10 Å². The molecule has 0 amide bonds. The molecular formula is C40H62O8. The zero-order valence-corrected chi connectivity index (χ0v) is 31.1. The number of fused-ring (bicyclic) bond motifs is 7. The Hall–Kier alpha value is -2.00. The number of esters is 2. The van der Waals surface area contributed by atoms with Crippen LogP contribution in [0, 0.1) is 50.2 Å². The number of allylic oxidation sites excluding steroid dienone is 4. The molecule has 0 spiro atoms. The molecule has 0 radical (unpaired) electrons. The topological polar surface area (TPSA) is 134 Å². The van der Waals surface area contributed by atoms with E-state index in [1.165, 1.54) is 5.57 Å². The minimum absolute atomic E-state index is 0.0444. The van der Waals surface area contributed by atoms with Gasteiger partial charge in [-0.15, -0.1) is 0 Å². The summed E-state index contributed by atoms with van der Waals surface area (Å²) >= 11 is 0. The van der Waals surface area contributed by atoms with Crippen molar-refractivity contribution in [2.24, 2.45) is 50.2 Å². The van der Waals surface area contributed by atoms with Gasteiger partial charge in [0.2, 0.25) is 0 Å². The average Bonchev–Trinajstić information content (AvgIpc) is 3.03. The molecule has 4 saturated carbocycles. The van der Waals surface area contributed by atoms with Crippen LogP contribution in [0.15, 0.2) is 34.9 Å². The molecule has 4 N–H and O–H groups in total. The lowest BCUT2D eigenvalue weighted by atomic mass is 9.33. The lowest BCUT2D eigenvalue weighted by Crippen LogP contribution is -2.72. The van der Waals surface area contributed by atoms with Gasteiger partial charge in [-0.05, 0) is 107 Å².